The van der Waals surface area contributed by atoms with E-state index in [-0.39, 0.29) is 23.8 Å². The largest absolute Gasteiger partial charge is 0.355 e. The van der Waals surface area contributed by atoms with E-state index in [0.29, 0.717) is 62.1 Å². The van der Waals surface area contributed by atoms with Crippen LogP contribution in [0.25, 0.3) is 0 Å². The quantitative estimate of drug-likeness (QED) is 0.684. The molecule has 1 unspecified atom stereocenters. The number of aryl methyl sites for hydroxylation is 2. The molecule has 1 amide bonds. The third kappa shape index (κ3) is 5.80. The van der Waals surface area contributed by atoms with Gasteiger partial charge in [-0.25, -0.2) is 14.2 Å². The van der Waals surface area contributed by atoms with Crippen molar-refractivity contribution in [2.45, 2.75) is 39.0 Å². The van der Waals surface area contributed by atoms with Crippen LogP contribution in [-0.2, 0) is 27.4 Å². The molecular weight excluding hydrogens is 394 g/mol. The molecule has 0 radical (unpaired) electrons. The average Bonchev–Trinajstić information content (AvgIpc) is 3.09. The number of anilines is 1. The molecule has 1 fully saturated rings. The van der Waals surface area contributed by atoms with Crippen LogP contribution in [0.4, 0.5) is 5.82 Å². The van der Waals surface area contributed by atoms with Gasteiger partial charge in [-0.05, 0) is 12.8 Å². The molecule has 0 saturated carbocycles. The molecule has 0 aromatic carbocycles. The minimum Gasteiger partial charge on any atom is -0.355 e. The summed E-state index contributed by atoms with van der Waals surface area (Å²) in [6.45, 7) is 3.04. The van der Waals surface area contributed by atoms with E-state index in [0.717, 1.165) is 0 Å². The van der Waals surface area contributed by atoms with E-state index in [1.165, 1.54) is 6.33 Å². The molecule has 0 spiro atoms. The summed E-state index contributed by atoms with van der Waals surface area (Å²) in [5, 5.41) is 12.8. The number of hydrogen-bond acceptors (Lipinski definition) is 9. The van der Waals surface area contributed by atoms with Crippen molar-refractivity contribution in [3.63, 3.8) is 0 Å². The van der Waals surface area contributed by atoms with Crippen molar-refractivity contribution in [1.29, 1.82) is 5.26 Å². The standard InChI is InChI=1S/C18H23N7O3S/c1-2-15-22-18(28-23-15)6-3-5-17(26)24-29(27)9-4-7-25(8-10-29)16-11-14(12-19)20-13-21-16/h11,13H,2-10H2,1H3. The predicted molar refractivity (Wildman–Crippen MR) is 106 cm³/mol. The molecule has 3 rings (SSSR count). The van der Waals surface area contributed by atoms with E-state index in [4.69, 9.17) is 9.78 Å². The summed E-state index contributed by atoms with van der Waals surface area (Å²) in [4.78, 5) is 26.5. The van der Waals surface area contributed by atoms with E-state index in [2.05, 4.69) is 24.5 Å². The molecule has 29 heavy (non-hydrogen) atoms. The van der Waals surface area contributed by atoms with Crippen LogP contribution in [0.15, 0.2) is 21.3 Å². The number of hydrogen-bond donors (Lipinski definition) is 0. The second kappa shape index (κ2) is 9.56. The van der Waals surface area contributed by atoms with Crippen molar-refractivity contribution >= 4 is 21.5 Å². The lowest BCUT2D eigenvalue weighted by atomic mass is 10.2. The maximum Gasteiger partial charge on any atom is 0.253 e. The molecule has 3 heterocycles. The third-order valence-corrected chi connectivity index (χ3v) is 6.82. The second-order valence-corrected chi connectivity index (χ2v) is 9.24. The number of aromatic nitrogens is 4. The predicted octanol–water partition coefficient (Wildman–Crippen LogP) is 1.52. The monoisotopic (exact) mass is 417 g/mol. The average molecular weight is 417 g/mol. The fraction of sp³-hybridized carbons (Fsp3) is 0.556. The van der Waals surface area contributed by atoms with Crippen LogP contribution in [0.3, 0.4) is 0 Å². The molecule has 1 atom stereocenters. The summed E-state index contributed by atoms with van der Waals surface area (Å²) in [6.07, 6.45) is 3.89. The van der Waals surface area contributed by atoms with Crippen molar-refractivity contribution < 1.29 is 13.5 Å². The summed E-state index contributed by atoms with van der Waals surface area (Å²) >= 11 is 0. The van der Waals surface area contributed by atoms with Gasteiger partial charge in [0.15, 0.2) is 5.82 Å². The van der Waals surface area contributed by atoms with Gasteiger partial charge in [-0.15, -0.1) is 0 Å². The molecule has 0 bridgehead atoms. The van der Waals surface area contributed by atoms with Crippen molar-refractivity contribution in [3.05, 3.63) is 29.8 Å². The first kappa shape index (κ1) is 20.9. The summed E-state index contributed by atoms with van der Waals surface area (Å²) in [6, 6.07) is 3.60. The number of rotatable bonds is 6. The lowest BCUT2D eigenvalue weighted by molar-refractivity contribution is -0.117. The SMILES string of the molecule is CCc1noc(CCCC(=O)N=S2(=O)CCCN(c3cc(C#N)ncn3)CC2)n1. The minimum atomic E-state index is -2.60. The maximum atomic E-state index is 13.1. The molecule has 0 N–H and O–H groups in total. The van der Waals surface area contributed by atoms with Gasteiger partial charge in [0.1, 0.15) is 23.9 Å². The van der Waals surface area contributed by atoms with Gasteiger partial charge in [-0.2, -0.15) is 14.6 Å². The van der Waals surface area contributed by atoms with E-state index < -0.39 is 9.73 Å². The Hall–Kier alpha value is -2.87. The Bertz CT molecular complexity index is 1020. The van der Waals surface area contributed by atoms with Gasteiger partial charge in [-0.3, -0.25) is 4.79 Å². The van der Waals surface area contributed by atoms with Gasteiger partial charge in [0.25, 0.3) is 5.91 Å². The lowest BCUT2D eigenvalue weighted by Gasteiger charge is -2.20. The van der Waals surface area contributed by atoms with Crippen LogP contribution < -0.4 is 4.90 Å². The zero-order valence-electron chi connectivity index (χ0n) is 16.3. The van der Waals surface area contributed by atoms with Gasteiger partial charge in [0.05, 0.1) is 9.73 Å². The van der Waals surface area contributed by atoms with E-state index in [1.807, 2.05) is 17.9 Å². The minimum absolute atomic E-state index is 0.196. The van der Waals surface area contributed by atoms with Crippen LogP contribution in [-0.4, -0.2) is 54.8 Å². The Balaban J connectivity index is 1.56. The van der Waals surface area contributed by atoms with Crippen molar-refractivity contribution in [3.8, 4) is 6.07 Å². The first-order valence-electron chi connectivity index (χ1n) is 9.55. The van der Waals surface area contributed by atoms with Crippen LogP contribution >= 0.6 is 0 Å². The molecule has 2 aromatic rings. The summed E-state index contributed by atoms with van der Waals surface area (Å²) in [5.41, 5.74) is 0.284. The normalized spacial score (nSPS) is 19.4. The van der Waals surface area contributed by atoms with Gasteiger partial charge in [0.2, 0.25) is 5.89 Å². The van der Waals surface area contributed by atoms with Crippen molar-refractivity contribution in [2.75, 3.05) is 29.5 Å². The van der Waals surface area contributed by atoms with E-state index in [1.54, 1.807) is 6.07 Å². The molecule has 1 aliphatic rings. The lowest BCUT2D eigenvalue weighted by Crippen LogP contribution is -2.27. The zero-order chi connectivity index (χ0) is 20.7. The van der Waals surface area contributed by atoms with Gasteiger partial charge in [-0.1, -0.05) is 12.1 Å². The number of nitrogens with zero attached hydrogens (tertiary/aromatic N) is 7. The smallest absolute Gasteiger partial charge is 0.253 e. The molecule has 1 aliphatic heterocycles. The molecule has 10 nitrogen and oxygen atoms in total. The molecule has 2 aromatic heterocycles. The Morgan fingerprint density at radius 2 is 2.24 bits per heavy atom. The number of nitriles is 1. The second-order valence-electron chi connectivity index (χ2n) is 6.69. The number of carbonyl (C=O) groups excluding carboxylic acids is 1. The van der Waals surface area contributed by atoms with Crippen LogP contribution in [0.1, 0.15) is 43.6 Å². The molecular formula is C18H23N7O3S. The van der Waals surface area contributed by atoms with Gasteiger partial charge >= 0.3 is 0 Å². The van der Waals surface area contributed by atoms with Crippen LogP contribution in [0.5, 0.6) is 0 Å². The highest BCUT2D eigenvalue weighted by atomic mass is 32.2. The maximum absolute atomic E-state index is 13.1. The van der Waals surface area contributed by atoms with Gasteiger partial charge in [0, 0.05) is 49.9 Å². The Morgan fingerprint density at radius 1 is 1.38 bits per heavy atom. The molecule has 0 aliphatic carbocycles. The highest BCUT2D eigenvalue weighted by molar-refractivity contribution is 7.93. The summed E-state index contributed by atoms with van der Waals surface area (Å²) in [5.74, 6) is 2.08. The number of carbonyl (C=O) groups is 1. The first-order valence-corrected chi connectivity index (χ1v) is 11.4. The Kier molecular flexibility index (Phi) is 6.87. The van der Waals surface area contributed by atoms with Gasteiger partial charge < -0.3 is 9.42 Å². The summed E-state index contributed by atoms with van der Waals surface area (Å²) in [7, 11) is -2.60. The highest BCUT2D eigenvalue weighted by Gasteiger charge is 2.21. The van der Waals surface area contributed by atoms with E-state index >= 15 is 0 Å². The molecule has 154 valence electrons. The first-order chi connectivity index (χ1) is 14.0. The number of amides is 1. The zero-order valence-corrected chi connectivity index (χ0v) is 17.1. The Morgan fingerprint density at radius 3 is 3.00 bits per heavy atom. The van der Waals surface area contributed by atoms with Crippen LogP contribution in [0, 0.1) is 11.3 Å². The van der Waals surface area contributed by atoms with Crippen LogP contribution in [0.2, 0.25) is 0 Å². The fourth-order valence-corrected chi connectivity index (χ4v) is 4.94. The molecule has 11 heteroatoms. The highest BCUT2D eigenvalue weighted by Crippen LogP contribution is 2.16. The van der Waals surface area contributed by atoms with Crippen molar-refractivity contribution in [2.24, 2.45) is 4.36 Å². The van der Waals surface area contributed by atoms with Crippen molar-refractivity contribution in [1.82, 2.24) is 20.1 Å². The Labute approximate surface area is 169 Å². The molecule has 1 saturated heterocycles. The summed E-state index contributed by atoms with van der Waals surface area (Å²) < 4.78 is 22.2. The fourth-order valence-electron chi connectivity index (χ4n) is 3.01. The third-order valence-electron chi connectivity index (χ3n) is 4.54. The topological polar surface area (TPSA) is 138 Å². The van der Waals surface area contributed by atoms with E-state index in [9.17, 15) is 9.00 Å².